The second-order valence-electron chi connectivity index (χ2n) is 6.10. The molecule has 2 N–H and O–H groups in total. The fourth-order valence-corrected chi connectivity index (χ4v) is 3.30. The Balaban J connectivity index is 1.97. The van der Waals surface area contributed by atoms with Crippen molar-refractivity contribution in [1.29, 1.82) is 0 Å². The minimum absolute atomic E-state index is 0.766. The van der Waals surface area contributed by atoms with Crippen molar-refractivity contribution in [2.24, 2.45) is 5.73 Å². The highest BCUT2D eigenvalue weighted by Crippen LogP contribution is 2.23. The van der Waals surface area contributed by atoms with E-state index in [4.69, 9.17) is 5.73 Å². The molecule has 2 heteroatoms. The van der Waals surface area contributed by atoms with Crippen LogP contribution in [0.1, 0.15) is 56.9 Å². The Morgan fingerprint density at radius 1 is 0.950 bits per heavy atom. The molecular weight excluding hydrogens is 244 g/mol. The van der Waals surface area contributed by atoms with Gasteiger partial charge in [0.25, 0.3) is 0 Å². The minimum atomic E-state index is 0.766. The van der Waals surface area contributed by atoms with E-state index < -0.39 is 0 Å². The second kappa shape index (κ2) is 9.15. The first kappa shape index (κ1) is 15.5. The van der Waals surface area contributed by atoms with Gasteiger partial charge in [0.05, 0.1) is 0 Å². The largest absolute Gasteiger partial charge is 0.330 e. The molecule has 112 valence electrons. The van der Waals surface area contributed by atoms with Gasteiger partial charge in [-0.15, -0.1) is 0 Å². The van der Waals surface area contributed by atoms with Gasteiger partial charge in [0.15, 0.2) is 0 Å². The Morgan fingerprint density at radius 3 is 2.25 bits per heavy atom. The van der Waals surface area contributed by atoms with Gasteiger partial charge in [-0.25, -0.2) is 0 Å². The molecule has 0 heterocycles. The van der Waals surface area contributed by atoms with Crippen LogP contribution in [0.4, 0.5) is 0 Å². The van der Waals surface area contributed by atoms with E-state index in [1.807, 2.05) is 0 Å². The molecule has 2 rings (SSSR count). The molecule has 0 spiro atoms. The average molecular weight is 274 g/mol. The molecule has 0 radical (unpaired) electrons. The van der Waals surface area contributed by atoms with Crippen LogP contribution >= 0.6 is 0 Å². The zero-order valence-electron chi connectivity index (χ0n) is 12.8. The van der Waals surface area contributed by atoms with Crippen LogP contribution < -0.4 is 5.73 Å². The summed E-state index contributed by atoms with van der Waals surface area (Å²) >= 11 is 0. The molecule has 1 saturated carbocycles. The molecule has 1 aliphatic carbocycles. The van der Waals surface area contributed by atoms with Crippen LogP contribution in [0.15, 0.2) is 30.3 Å². The maximum absolute atomic E-state index is 5.73. The van der Waals surface area contributed by atoms with Gasteiger partial charge in [-0.1, -0.05) is 62.4 Å². The molecule has 0 aromatic heterocycles. The lowest BCUT2D eigenvalue weighted by Crippen LogP contribution is -2.36. The molecule has 0 aliphatic heterocycles. The monoisotopic (exact) mass is 274 g/mol. The average Bonchev–Trinajstić information content (AvgIpc) is 2.45. The summed E-state index contributed by atoms with van der Waals surface area (Å²) in [7, 11) is 0. The Bertz CT molecular complexity index is 342. The van der Waals surface area contributed by atoms with Crippen LogP contribution in [0.25, 0.3) is 0 Å². The standard InChI is InChI=1S/C18H30N2/c19-14-9-15-20(16-17-10-5-4-6-11-17)18-12-7-2-1-3-8-13-18/h4-6,10-11,18H,1-3,7-9,12-16,19H2. The summed E-state index contributed by atoms with van der Waals surface area (Å²) in [6.45, 7) is 3.04. The third-order valence-electron chi connectivity index (χ3n) is 4.47. The van der Waals surface area contributed by atoms with E-state index in [-0.39, 0.29) is 0 Å². The third-order valence-corrected chi connectivity index (χ3v) is 4.47. The van der Waals surface area contributed by atoms with Crippen molar-refractivity contribution in [3.8, 4) is 0 Å². The zero-order chi connectivity index (χ0) is 14.0. The van der Waals surface area contributed by atoms with Crippen molar-refractivity contribution in [1.82, 2.24) is 4.90 Å². The summed E-state index contributed by atoms with van der Waals surface area (Å²) in [6.07, 6.45) is 10.9. The molecule has 0 saturated heterocycles. The van der Waals surface area contributed by atoms with E-state index >= 15 is 0 Å². The van der Waals surface area contributed by atoms with Gasteiger partial charge in [-0.05, 0) is 37.9 Å². The first-order valence-corrected chi connectivity index (χ1v) is 8.38. The molecule has 2 nitrogen and oxygen atoms in total. The van der Waals surface area contributed by atoms with Crippen LogP contribution in [-0.2, 0) is 6.54 Å². The number of nitrogens with zero attached hydrogens (tertiary/aromatic N) is 1. The molecule has 1 aliphatic rings. The Labute approximate surface area is 124 Å². The van der Waals surface area contributed by atoms with Crippen molar-refractivity contribution in [2.45, 2.75) is 64.0 Å². The lowest BCUT2D eigenvalue weighted by Gasteiger charge is -2.33. The summed E-state index contributed by atoms with van der Waals surface area (Å²) in [5, 5.41) is 0. The first-order chi connectivity index (χ1) is 9.90. The molecule has 0 amide bonds. The van der Waals surface area contributed by atoms with Crippen molar-refractivity contribution in [3.05, 3.63) is 35.9 Å². The van der Waals surface area contributed by atoms with Gasteiger partial charge in [0.1, 0.15) is 0 Å². The summed E-state index contributed by atoms with van der Waals surface area (Å²) in [4.78, 5) is 2.69. The molecule has 0 unspecified atom stereocenters. The quantitative estimate of drug-likeness (QED) is 0.851. The van der Waals surface area contributed by atoms with E-state index in [2.05, 4.69) is 35.2 Å². The van der Waals surface area contributed by atoms with Gasteiger partial charge in [-0.3, -0.25) is 4.90 Å². The van der Waals surface area contributed by atoms with Crippen LogP contribution in [-0.4, -0.2) is 24.0 Å². The molecule has 0 atom stereocenters. The predicted octanol–water partition coefficient (Wildman–Crippen LogP) is 3.95. The Hall–Kier alpha value is -0.860. The van der Waals surface area contributed by atoms with Crippen molar-refractivity contribution >= 4 is 0 Å². The van der Waals surface area contributed by atoms with Gasteiger partial charge in [0.2, 0.25) is 0 Å². The lowest BCUT2D eigenvalue weighted by molar-refractivity contribution is 0.156. The van der Waals surface area contributed by atoms with E-state index in [0.29, 0.717) is 0 Å². The number of nitrogens with two attached hydrogens (primary N) is 1. The highest BCUT2D eigenvalue weighted by molar-refractivity contribution is 5.14. The van der Waals surface area contributed by atoms with Gasteiger partial charge < -0.3 is 5.73 Å². The topological polar surface area (TPSA) is 29.3 Å². The molecule has 0 bridgehead atoms. The molecule has 1 aromatic rings. The number of hydrogen-bond acceptors (Lipinski definition) is 2. The van der Waals surface area contributed by atoms with E-state index in [9.17, 15) is 0 Å². The van der Waals surface area contributed by atoms with Crippen LogP contribution in [0.3, 0.4) is 0 Å². The van der Waals surface area contributed by atoms with E-state index in [1.165, 1.54) is 50.5 Å². The summed E-state index contributed by atoms with van der Waals surface area (Å²) in [5.41, 5.74) is 7.17. The fraction of sp³-hybridized carbons (Fsp3) is 0.667. The fourth-order valence-electron chi connectivity index (χ4n) is 3.30. The highest BCUT2D eigenvalue weighted by Gasteiger charge is 2.19. The number of hydrogen-bond donors (Lipinski definition) is 1. The Kier molecular flexibility index (Phi) is 7.10. The van der Waals surface area contributed by atoms with E-state index in [0.717, 1.165) is 32.1 Å². The van der Waals surface area contributed by atoms with Gasteiger partial charge in [-0.2, -0.15) is 0 Å². The lowest BCUT2D eigenvalue weighted by atomic mass is 9.95. The zero-order valence-corrected chi connectivity index (χ0v) is 12.8. The van der Waals surface area contributed by atoms with Crippen molar-refractivity contribution in [2.75, 3.05) is 13.1 Å². The van der Waals surface area contributed by atoms with Gasteiger partial charge in [0, 0.05) is 12.6 Å². The maximum Gasteiger partial charge on any atom is 0.0236 e. The smallest absolute Gasteiger partial charge is 0.0236 e. The van der Waals surface area contributed by atoms with Crippen LogP contribution in [0, 0.1) is 0 Å². The molecule has 1 fully saturated rings. The number of rotatable bonds is 6. The predicted molar refractivity (Wildman–Crippen MR) is 86.6 cm³/mol. The molecule has 20 heavy (non-hydrogen) atoms. The van der Waals surface area contributed by atoms with Crippen molar-refractivity contribution in [3.63, 3.8) is 0 Å². The van der Waals surface area contributed by atoms with Crippen LogP contribution in [0.2, 0.25) is 0 Å². The maximum atomic E-state index is 5.73. The SMILES string of the molecule is NCCCN(Cc1ccccc1)C1CCCCCCC1. The molecular formula is C18H30N2. The molecule has 1 aromatic carbocycles. The minimum Gasteiger partial charge on any atom is -0.330 e. The van der Waals surface area contributed by atoms with Gasteiger partial charge >= 0.3 is 0 Å². The summed E-state index contributed by atoms with van der Waals surface area (Å²) in [5.74, 6) is 0. The number of benzene rings is 1. The van der Waals surface area contributed by atoms with E-state index in [1.54, 1.807) is 0 Å². The van der Waals surface area contributed by atoms with Crippen molar-refractivity contribution < 1.29 is 0 Å². The van der Waals surface area contributed by atoms with Crippen LogP contribution in [0.5, 0.6) is 0 Å². The summed E-state index contributed by atoms with van der Waals surface area (Å²) < 4.78 is 0. The normalized spacial score (nSPS) is 17.9. The Morgan fingerprint density at radius 2 is 1.60 bits per heavy atom. The summed E-state index contributed by atoms with van der Waals surface area (Å²) in [6, 6.07) is 11.7. The third kappa shape index (κ3) is 5.26. The highest BCUT2D eigenvalue weighted by atomic mass is 15.1. The first-order valence-electron chi connectivity index (χ1n) is 8.38. The second-order valence-corrected chi connectivity index (χ2v) is 6.10.